The first-order chi connectivity index (χ1) is 18.5. The molecule has 2 atom stereocenters. The molecule has 0 saturated heterocycles. The second-order valence-corrected chi connectivity index (χ2v) is 10.0. The molecule has 0 aromatic heterocycles. The number of hydrogen-bond donors (Lipinski definition) is 4. The van der Waals surface area contributed by atoms with E-state index in [0.717, 1.165) is 54.6 Å². The summed E-state index contributed by atoms with van der Waals surface area (Å²) in [5.41, 5.74) is 3.45. The molecule has 0 bridgehead atoms. The van der Waals surface area contributed by atoms with Crippen molar-refractivity contribution < 1.29 is 28.9 Å². The highest BCUT2D eigenvalue weighted by Gasteiger charge is 2.28. The molecule has 0 spiro atoms. The lowest BCUT2D eigenvalue weighted by atomic mass is 9.88. The lowest BCUT2D eigenvalue weighted by molar-refractivity contribution is -0.129. The third-order valence-electron chi connectivity index (χ3n) is 7.21. The molecule has 1 saturated carbocycles. The van der Waals surface area contributed by atoms with Crippen molar-refractivity contribution in [2.75, 3.05) is 44.5 Å². The van der Waals surface area contributed by atoms with E-state index in [4.69, 9.17) is 14.2 Å². The zero-order valence-electron chi connectivity index (χ0n) is 22.3. The monoisotopic (exact) mass is 525 g/mol. The number of fused-ring (bicyclic) bond motifs is 1. The molecule has 2 unspecified atom stereocenters. The third-order valence-corrected chi connectivity index (χ3v) is 7.21. The molecule has 9 nitrogen and oxygen atoms in total. The van der Waals surface area contributed by atoms with Crippen molar-refractivity contribution in [1.29, 1.82) is 0 Å². The number of rotatable bonds is 12. The Morgan fingerprint density at radius 2 is 1.87 bits per heavy atom. The largest absolute Gasteiger partial charge is 0.493 e. The van der Waals surface area contributed by atoms with E-state index >= 15 is 0 Å². The summed E-state index contributed by atoms with van der Waals surface area (Å²) in [4.78, 5) is 25.2. The Kier molecular flexibility index (Phi) is 9.98. The number of aliphatic hydroxyl groups is 1. The number of amides is 2. The van der Waals surface area contributed by atoms with Crippen LogP contribution in [0.4, 0.5) is 11.4 Å². The number of aliphatic hydroxyl groups excluding tert-OH is 1. The smallest absolute Gasteiger partial charge is 0.253 e. The van der Waals surface area contributed by atoms with Crippen molar-refractivity contribution in [2.24, 2.45) is 5.92 Å². The zero-order chi connectivity index (χ0) is 26.9. The first kappa shape index (κ1) is 27.9. The van der Waals surface area contributed by atoms with Crippen molar-refractivity contribution in [3.63, 3.8) is 0 Å². The summed E-state index contributed by atoms with van der Waals surface area (Å²) < 4.78 is 16.4. The summed E-state index contributed by atoms with van der Waals surface area (Å²) in [6.45, 7) is 1.05. The second kappa shape index (κ2) is 13.6. The number of hydrogen-bond acceptors (Lipinski definition) is 7. The van der Waals surface area contributed by atoms with Crippen LogP contribution in [-0.4, -0.2) is 63.0 Å². The molecule has 2 aliphatic rings. The summed E-state index contributed by atoms with van der Waals surface area (Å²) in [5.74, 6) is 1.28. The molecular formula is C29H39N3O6. The maximum Gasteiger partial charge on any atom is 0.253 e. The van der Waals surface area contributed by atoms with E-state index in [2.05, 4.69) is 16.0 Å². The average Bonchev–Trinajstić information content (AvgIpc) is 2.94. The number of methoxy groups -OCH3 is 2. The topological polar surface area (TPSA) is 118 Å². The lowest BCUT2D eigenvalue weighted by Gasteiger charge is -2.26. The average molecular weight is 526 g/mol. The fourth-order valence-electron chi connectivity index (χ4n) is 5.04. The molecule has 206 valence electrons. The van der Waals surface area contributed by atoms with Gasteiger partial charge < -0.3 is 35.3 Å². The van der Waals surface area contributed by atoms with Gasteiger partial charge in [0.05, 0.1) is 26.9 Å². The number of nitrogens with one attached hydrogen (secondary N) is 3. The highest BCUT2D eigenvalue weighted by atomic mass is 16.5. The number of ether oxygens (including phenoxy) is 3. The Balaban J connectivity index is 1.21. The zero-order valence-corrected chi connectivity index (χ0v) is 22.3. The van der Waals surface area contributed by atoms with Gasteiger partial charge in [0.25, 0.3) is 5.91 Å². The second-order valence-electron chi connectivity index (χ2n) is 10.0. The Hall–Kier alpha value is -3.14. The van der Waals surface area contributed by atoms with Gasteiger partial charge in [-0.1, -0.05) is 25.3 Å². The first-order valence-electron chi connectivity index (χ1n) is 13.4. The van der Waals surface area contributed by atoms with Crippen LogP contribution in [0.1, 0.15) is 43.2 Å². The van der Waals surface area contributed by atoms with Gasteiger partial charge in [-0.2, -0.15) is 0 Å². The molecule has 9 heteroatoms. The number of carbonyl (C=O) groups is 2. The maximum absolute atomic E-state index is 12.6. The molecular weight excluding hydrogens is 486 g/mol. The highest BCUT2D eigenvalue weighted by Crippen LogP contribution is 2.30. The summed E-state index contributed by atoms with van der Waals surface area (Å²) in [6.07, 6.45) is 4.98. The van der Waals surface area contributed by atoms with Gasteiger partial charge in [0, 0.05) is 30.3 Å². The number of anilines is 2. The van der Waals surface area contributed by atoms with E-state index in [-0.39, 0.29) is 24.3 Å². The van der Waals surface area contributed by atoms with Gasteiger partial charge >= 0.3 is 0 Å². The standard InChI is InChI=1S/C29H39N3O6/c1-36-25-11-8-19(14-26(25)37-2)12-13-30-17-23(33)18-38-27-16-21-15-22(9-10-24(21)32-29(27)35)31-28(34)20-6-4-3-5-7-20/h8-11,14-15,20,23,27,30,33H,3-7,12-13,16-18H2,1-2H3,(H,31,34)(H,32,35). The van der Waals surface area contributed by atoms with Crippen molar-refractivity contribution in [3.05, 3.63) is 47.5 Å². The lowest BCUT2D eigenvalue weighted by Crippen LogP contribution is -2.40. The molecule has 2 amide bonds. The van der Waals surface area contributed by atoms with Gasteiger partial charge in [-0.25, -0.2) is 0 Å². The van der Waals surface area contributed by atoms with E-state index in [1.165, 1.54) is 6.42 Å². The molecule has 1 fully saturated rings. The Bertz CT molecular complexity index is 1100. The predicted octanol–water partition coefficient (Wildman–Crippen LogP) is 3.30. The van der Waals surface area contributed by atoms with Crippen molar-refractivity contribution in [1.82, 2.24) is 5.32 Å². The molecule has 2 aromatic carbocycles. The molecule has 2 aromatic rings. The quantitative estimate of drug-likeness (QED) is 0.314. The van der Waals surface area contributed by atoms with E-state index in [1.54, 1.807) is 14.2 Å². The summed E-state index contributed by atoms with van der Waals surface area (Å²) in [7, 11) is 3.21. The molecule has 38 heavy (non-hydrogen) atoms. The van der Waals surface area contributed by atoms with Crippen LogP contribution in [0.2, 0.25) is 0 Å². The number of carbonyl (C=O) groups excluding carboxylic acids is 2. The SMILES string of the molecule is COc1ccc(CCNCC(O)COC2Cc3cc(NC(=O)C4CCCCC4)ccc3NC2=O)cc1OC. The minimum Gasteiger partial charge on any atom is -0.493 e. The summed E-state index contributed by atoms with van der Waals surface area (Å²) in [6, 6.07) is 11.3. The molecule has 1 heterocycles. The number of benzene rings is 2. The van der Waals surface area contributed by atoms with Gasteiger partial charge in [-0.05, 0) is 67.3 Å². The summed E-state index contributed by atoms with van der Waals surface area (Å²) in [5, 5.41) is 19.5. The van der Waals surface area contributed by atoms with Crippen LogP contribution in [0.3, 0.4) is 0 Å². The van der Waals surface area contributed by atoms with Crippen molar-refractivity contribution in [3.8, 4) is 11.5 Å². The fourth-order valence-corrected chi connectivity index (χ4v) is 5.04. The van der Waals surface area contributed by atoms with Crippen LogP contribution in [-0.2, 0) is 27.2 Å². The fraction of sp³-hybridized carbons (Fsp3) is 0.517. The van der Waals surface area contributed by atoms with Crippen LogP contribution in [0, 0.1) is 5.92 Å². The molecule has 1 aliphatic carbocycles. The van der Waals surface area contributed by atoms with E-state index in [9.17, 15) is 14.7 Å². The van der Waals surface area contributed by atoms with Crippen LogP contribution < -0.4 is 25.4 Å². The third kappa shape index (κ3) is 7.46. The van der Waals surface area contributed by atoms with Gasteiger partial charge in [-0.3, -0.25) is 9.59 Å². The molecule has 0 radical (unpaired) electrons. The Morgan fingerprint density at radius 1 is 1.08 bits per heavy atom. The van der Waals surface area contributed by atoms with Crippen molar-refractivity contribution in [2.45, 2.75) is 57.2 Å². The van der Waals surface area contributed by atoms with Crippen molar-refractivity contribution >= 4 is 23.2 Å². The predicted molar refractivity (Wildman–Crippen MR) is 146 cm³/mol. The van der Waals surface area contributed by atoms with Gasteiger partial charge in [0.2, 0.25) is 5.91 Å². The van der Waals surface area contributed by atoms with Crippen LogP contribution in [0.15, 0.2) is 36.4 Å². The van der Waals surface area contributed by atoms with E-state index in [0.29, 0.717) is 31.0 Å². The van der Waals surface area contributed by atoms with Gasteiger partial charge in [0.1, 0.15) is 6.10 Å². The Morgan fingerprint density at radius 3 is 2.63 bits per heavy atom. The molecule has 4 rings (SSSR count). The molecule has 4 N–H and O–H groups in total. The highest BCUT2D eigenvalue weighted by molar-refractivity contribution is 5.98. The van der Waals surface area contributed by atoms with Gasteiger partial charge in [0.15, 0.2) is 11.5 Å². The van der Waals surface area contributed by atoms with Crippen LogP contribution in [0.5, 0.6) is 11.5 Å². The van der Waals surface area contributed by atoms with E-state index in [1.807, 2.05) is 36.4 Å². The summed E-state index contributed by atoms with van der Waals surface area (Å²) >= 11 is 0. The first-order valence-corrected chi connectivity index (χ1v) is 13.4. The molecule has 1 aliphatic heterocycles. The van der Waals surface area contributed by atoms with Gasteiger partial charge in [-0.15, -0.1) is 0 Å². The normalized spacial score (nSPS) is 18.3. The minimum absolute atomic E-state index is 0.0366. The minimum atomic E-state index is -0.754. The Labute approximate surface area is 224 Å². The van der Waals surface area contributed by atoms with E-state index < -0.39 is 12.2 Å². The van der Waals surface area contributed by atoms with Crippen LogP contribution in [0.25, 0.3) is 0 Å². The van der Waals surface area contributed by atoms with Crippen LogP contribution >= 0.6 is 0 Å². The maximum atomic E-state index is 12.6.